The molecule has 0 saturated carbocycles. The molecular weight excluding hydrogens is 258 g/mol. The van der Waals surface area contributed by atoms with E-state index in [4.69, 9.17) is 22.2 Å². The van der Waals surface area contributed by atoms with Crippen molar-refractivity contribution in [2.75, 3.05) is 7.11 Å². The first-order chi connectivity index (χ1) is 9.21. The number of nitrogens with one attached hydrogen (secondary N) is 1. The monoisotopic (exact) mass is 267 g/mol. The van der Waals surface area contributed by atoms with Crippen molar-refractivity contribution in [3.63, 3.8) is 0 Å². The van der Waals surface area contributed by atoms with Gasteiger partial charge in [-0.2, -0.15) is 10.5 Å². The number of aromatic nitrogens is 1. The van der Waals surface area contributed by atoms with Crippen LogP contribution < -0.4 is 4.74 Å². The zero-order valence-corrected chi connectivity index (χ0v) is 10.9. The van der Waals surface area contributed by atoms with Crippen LogP contribution in [0.4, 0.5) is 0 Å². The summed E-state index contributed by atoms with van der Waals surface area (Å²) in [5.41, 5.74) is 2.00. The maximum absolute atomic E-state index is 9.21. The molecule has 0 spiro atoms. The van der Waals surface area contributed by atoms with Crippen LogP contribution >= 0.6 is 12.2 Å². The van der Waals surface area contributed by atoms with Gasteiger partial charge in [0.2, 0.25) is 0 Å². The lowest BCUT2D eigenvalue weighted by molar-refractivity contribution is 0.415. The van der Waals surface area contributed by atoms with Gasteiger partial charge in [-0.15, -0.1) is 0 Å². The van der Waals surface area contributed by atoms with Gasteiger partial charge in [-0.1, -0.05) is 24.4 Å². The molecule has 19 heavy (non-hydrogen) atoms. The normalized spacial score (nSPS) is 9.42. The highest BCUT2D eigenvalue weighted by Gasteiger charge is 2.12. The summed E-state index contributed by atoms with van der Waals surface area (Å²) >= 11 is 5.08. The summed E-state index contributed by atoms with van der Waals surface area (Å²) in [7, 11) is 1.58. The molecule has 5 heteroatoms. The van der Waals surface area contributed by atoms with E-state index in [1.165, 1.54) is 6.20 Å². The molecule has 0 unspecified atom stereocenters. The number of H-pyrrole nitrogens is 1. The number of benzene rings is 1. The minimum atomic E-state index is 0.305. The Balaban J connectivity index is 2.73. The van der Waals surface area contributed by atoms with Crippen molar-refractivity contribution in [2.45, 2.75) is 0 Å². The summed E-state index contributed by atoms with van der Waals surface area (Å²) in [6, 6.07) is 11.3. The number of pyridine rings is 1. The molecule has 0 bridgehead atoms. The lowest BCUT2D eigenvalue weighted by Gasteiger charge is -2.07. The Morgan fingerprint density at radius 3 is 2.37 bits per heavy atom. The molecule has 1 heterocycles. The third-order valence-electron chi connectivity index (χ3n) is 2.70. The fourth-order valence-corrected chi connectivity index (χ4v) is 1.99. The SMILES string of the molecule is COc1ccc(-c2c(C#N)c[nH]c(=S)c2C#N)cc1. The average Bonchev–Trinajstić information content (AvgIpc) is 2.47. The second kappa shape index (κ2) is 5.34. The Morgan fingerprint density at radius 2 is 1.84 bits per heavy atom. The molecular formula is C14H9N3OS. The van der Waals surface area contributed by atoms with E-state index in [0.717, 1.165) is 5.56 Å². The van der Waals surface area contributed by atoms with Gasteiger partial charge in [0.1, 0.15) is 22.5 Å². The number of hydrogen-bond acceptors (Lipinski definition) is 4. The van der Waals surface area contributed by atoms with E-state index in [1.54, 1.807) is 31.4 Å². The summed E-state index contributed by atoms with van der Waals surface area (Å²) < 4.78 is 5.41. The summed E-state index contributed by atoms with van der Waals surface area (Å²) in [6.45, 7) is 0. The average molecular weight is 267 g/mol. The van der Waals surface area contributed by atoms with Crippen molar-refractivity contribution >= 4 is 12.2 Å². The van der Waals surface area contributed by atoms with Gasteiger partial charge in [0.25, 0.3) is 0 Å². The van der Waals surface area contributed by atoms with Crippen LogP contribution in [0.2, 0.25) is 0 Å². The fraction of sp³-hybridized carbons (Fsp3) is 0.0714. The number of aromatic amines is 1. The van der Waals surface area contributed by atoms with Crippen molar-refractivity contribution in [3.05, 3.63) is 46.2 Å². The third-order valence-corrected chi connectivity index (χ3v) is 3.03. The minimum Gasteiger partial charge on any atom is -0.497 e. The number of methoxy groups -OCH3 is 1. The van der Waals surface area contributed by atoms with Crippen molar-refractivity contribution < 1.29 is 4.74 Å². The van der Waals surface area contributed by atoms with Crippen LogP contribution in [-0.4, -0.2) is 12.1 Å². The molecule has 1 aromatic heterocycles. The highest BCUT2D eigenvalue weighted by Crippen LogP contribution is 2.28. The Hall–Kier alpha value is -2.63. The number of rotatable bonds is 2. The smallest absolute Gasteiger partial charge is 0.121 e. The molecule has 2 rings (SSSR count). The van der Waals surface area contributed by atoms with Gasteiger partial charge in [0.15, 0.2) is 0 Å². The van der Waals surface area contributed by atoms with E-state index in [0.29, 0.717) is 27.1 Å². The summed E-state index contributed by atoms with van der Waals surface area (Å²) in [4.78, 5) is 2.75. The van der Waals surface area contributed by atoms with Crippen molar-refractivity contribution in [3.8, 4) is 29.0 Å². The molecule has 0 saturated heterocycles. The van der Waals surface area contributed by atoms with Crippen molar-refractivity contribution in [1.29, 1.82) is 10.5 Å². The first kappa shape index (κ1) is 12.8. The lowest BCUT2D eigenvalue weighted by Crippen LogP contribution is -1.94. The highest BCUT2D eigenvalue weighted by atomic mass is 32.1. The maximum Gasteiger partial charge on any atom is 0.121 e. The molecule has 0 aliphatic rings. The molecule has 1 aromatic carbocycles. The molecule has 1 N–H and O–H groups in total. The lowest BCUT2D eigenvalue weighted by atomic mass is 9.98. The van der Waals surface area contributed by atoms with E-state index < -0.39 is 0 Å². The van der Waals surface area contributed by atoms with Gasteiger partial charge >= 0.3 is 0 Å². The minimum absolute atomic E-state index is 0.305. The molecule has 0 atom stereocenters. The number of ether oxygens (including phenoxy) is 1. The van der Waals surface area contributed by atoms with Crippen LogP contribution in [0.25, 0.3) is 11.1 Å². The summed E-state index contributed by atoms with van der Waals surface area (Å²) in [5, 5.41) is 18.4. The van der Waals surface area contributed by atoms with Crippen LogP contribution in [0, 0.1) is 27.3 Å². The summed E-state index contributed by atoms with van der Waals surface area (Å²) in [5.74, 6) is 0.710. The van der Waals surface area contributed by atoms with Gasteiger partial charge in [-0.25, -0.2) is 0 Å². The number of nitriles is 2. The third kappa shape index (κ3) is 2.33. The first-order valence-corrected chi connectivity index (χ1v) is 5.82. The first-order valence-electron chi connectivity index (χ1n) is 5.41. The number of hydrogen-bond donors (Lipinski definition) is 1. The number of nitrogens with zero attached hydrogens (tertiary/aromatic N) is 2. The van der Waals surface area contributed by atoms with E-state index in [9.17, 15) is 5.26 Å². The Labute approximate surface area is 115 Å². The molecule has 0 radical (unpaired) electrons. The van der Waals surface area contributed by atoms with Crippen LogP contribution in [0.1, 0.15) is 11.1 Å². The van der Waals surface area contributed by atoms with Crippen LogP contribution in [0.3, 0.4) is 0 Å². The van der Waals surface area contributed by atoms with Crippen molar-refractivity contribution in [1.82, 2.24) is 4.98 Å². The molecule has 0 fully saturated rings. The predicted octanol–water partition coefficient (Wildman–Crippen LogP) is 3.16. The second-order valence-electron chi connectivity index (χ2n) is 3.73. The zero-order chi connectivity index (χ0) is 13.8. The Kier molecular flexibility index (Phi) is 3.61. The molecule has 2 aromatic rings. The maximum atomic E-state index is 9.21. The topological polar surface area (TPSA) is 72.6 Å². The molecule has 0 aliphatic carbocycles. The van der Waals surface area contributed by atoms with E-state index in [-0.39, 0.29) is 0 Å². The fourth-order valence-electron chi connectivity index (χ4n) is 1.78. The highest BCUT2D eigenvalue weighted by molar-refractivity contribution is 7.71. The summed E-state index contributed by atoms with van der Waals surface area (Å²) in [6.07, 6.45) is 1.52. The van der Waals surface area contributed by atoms with Crippen LogP contribution in [0.5, 0.6) is 5.75 Å². The Morgan fingerprint density at radius 1 is 1.16 bits per heavy atom. The largest absolute Gasteiger partial charge is 0.497 e. The van der Waals surface area contributed by atoms with E-state index in [1.807, 2.05) is 6.07 Å². The molecule has 0 amide bonds. The standard InChI is InChI=1S/C14H9N3OS/c1-18-11-4-2-9(3-5-11)13-10(6-15)8-17-14(19)12(13)7-16/h2-5,8H,1H3,(H,17,19). The predicted molar refractivity (Wildman–Crippen MR) is 73.0 cm³/mol. The van der Waals surface area contributed by atoms with Crippen molar-refractivity contribution in [2.24, 2.45) is 0 Å². The molecule has 92 valence electrons. The van der Waals surface area contributed by atoms with Gasteiger partial charge in [-0.3, -0.25) is 0 Å². The zero-order valence-electron chi connectivity index (χ0n) is 10.1. The van der Waals surface area contributed by atoms with E-state index >= 15 is 0 Å². The van der Waals surface area contributed by atoms with E-state index in [2.05, 4.69) is 11.1 Å². The quantitative estimate of drug-likeness (QED) is 0.848. The van der Waals surface area contributed by atoms with Gasteiger partial charge in [0.05, 0.1) is 18.2 Å². The molecule has 0 aliphatic heterocycles. The second-order valence-corrected chi connectivity index (χ2v) is 4.14. The van der Waals surface area contributed by atoms with Crippen LogP contribution in [0.15, 0.2) is 30.5 Å². The van der Waals surface area contributed by atoms with Crippen LogP contribution in [-0.2, 0) is 0 Å². The van der Waals surface area contributed by atoms with Gasteiger partial charge in [-0.05, 0) is 17.7 Å². The van der Waals surface area contributed by atoms with Gasteiger partial charge < -0.3 is 9.72 Å². The van der Waals surface area contributed by atoms with Gasteiger partial charge in [0, 0.05) is 11.8 Å². The molecule has 4 nitrogen and oxygen atoms in total. The Bertz CT molecular complexity index is 748.